The number of fused-ring (bicyclic) bond motifs is 5. The van der Waals surface area contributed by atoms with E-state index in [0.717, 1.165) is 27.7 Å². The third-order valence-electron chi connectivity index (χ3n) is 4.78. The molecule has 0 bridgehead atoms. The average molecular weight is 308 g/mol. The minimum absolute atomic E-state index is 0.0376. The van der Waals surface area contributed by atoms with Crippen molar-refractivity contribution in [1.29, 1.82) is 0 Å². The summed E-state index contributed by atoms with van der Waals surface area (Å²) in [6.45, 7) is 2.08. The molecule has 1 aliphatic heterocycles. The molecule has 0 saturated heterocycles. The van der Waals surface area contributed by atoms with Crippen LogP contribution in [0.25, 0.3) is 22.2 Å². The highest BCUT2D eigenvalue weighted by Gasteiger charge is 2.34. The fourth-order valence-electron chi connectivity index (χ4n) is 3.44. The number of carbonyl (C=O) groups is 1. The zero-order valence-corrected chi connectivity index (χ0v) is 13.3. The second-order valence-corrected chi connectivity index (χ2v) is 6.25. The molecule has 0 aliphatic carbocycles. The lowest BCUT2D eigenvalue weighted by atomic mass is 9.97. The lowest BCUT2D eigenvalue weighted by Crippen LogP contribution is -2.17. The van der Waals surface area contributed by atoms with Crippen LogP contribution in [0.15, 0.2) is 42.5 Å². The van der Waals surface area contributed by atoms with E-state index in [2.05, 4.69) is 11.8 Å². The zero-order chi connectivity index (χ0) is 16.3. The number of carbonyl (C=O) groups excluding carboxylic acids is 1. The van der Waals surface area contributed by atoms with Crippen molar-refractivity contribution in [3.63, 3.8) is 0 Å². The van der Waals surface area contributed by atoms with Crippen LogP contribution >= 0.6 is 0 Å². The molecule has 2 aromatic carbocycles. The molecule has 0 radical (unpaired) electrons. The first-order chi connectivity index (χ1) is 11.0. The normalized spacial score (nSPS) is 14.4. The molecule has 1 aliphatic rings. The van der Waals surface area contributed by atoms with Gasteiger partial charge < -0.3 is 4.90 Å². The topological polar surface area (TPSA) is 25.2 Å². The average Bonchev–Trinajstić information content (AvgIpc) is 3.00. The minimum Gasteiger partial charge on any atom is -0.303 e. The summed E-state index contributed by atoms with van der Waals surface area (Å²) < 4.78 is 15.6. The Kier molecular flexibility index (Phi) is 2.93. The molecular weight excluding hydrogens is 291 g/mol. The Morgan fingerprint density at radius 3 is 2.48 bits per heavy atom. The molecule has 0 fully saturated rings. The van der Waals surface area contributed by atoms with Gasteiger partial charge in [0.2, 0.25) is 0 Å². The van der Waals surface area contributed by atoms with Crippen molar-refractivity contribution in [2.45, 2.75) is 13.0 Å². The molecule has 4 heteroatoms. The third kappa shape index (κ3) is 1.82. The van der Waals surface area contributed by atoms with Crippen LogP contribution in [-0.4, -0.2) is 29.5 Å². The van der Waals surface area contributed by atoms with Crippen LogP contribution in [0.3, 0.4) is 0 Å². The number of rotatable bonds is 2. The molecule has 0 N–H and O–H groups in total. The number of hydrogen-bond donors (Lipinski definition) is 0. The van der Waals surface area contributed by atoms with Crippen LogP contribution in [-0.2, 0) is 0 Å². The molecule has 2 heterocycles. The van der Waals surface area contributed by atoms with Gasteiger partial charge in [-0.3, -0.25) is 9.36 Å². The Balaban J connectivity index is 2.17. The summed E-state index contributed by atoms with van der Waals surface area (Å²) in [6, 6.07) is 12.3. The third-order valence-corrected chi connectivity index (χ3v) is 4.78. The Morgan fingerprint density at radius 2 is 1.78 bits per heavy atom. The van der Waals surface area contributed by atoms with Crippen LogP contribution in [0, 0.1) is 5.82 Å². The van der Waals surface area contributed by atoms with Gasteiger partial charge in [-0.1, -0.05) is 18.2 Å². The number of hydrogen-bond acceptors (Lipinski definition) is 2. The first-order valence-corrected chi connectivity index (χ1v) is 7.65. The first-order valence-electron chi connectivity index (χ1n) is 7.65. The van der Waals surface area contributed by atoms with Crippen molar-refractivity contribution in [3.05, 3.63) is 59.4 Å². The minimum atomic E-state index is -0.283. The van der Waals surface area contributed by atoms with Gasteiger partial charge in [-0.2, -0.15) is 0 Å². The Morgan fingerprint density at radius 1 is 1.09 bits per heavy atom. The summed E-state index contributed by atoms with van der Waals surface area (Å²) in [5.41, 5.74) is 4.31. The van der Waals surface area contributed by atoms with Crippen molar-refractivity contribution in [3.8, 4) is 11.3 Å². The molecule has 23 heavy (non-hydrogen) atoms. The van der Waals surface area contributed by atoms with Gasteiger partial charge in [-0.05, 0) is 45.3 Å². The largest absolute Gasteiger partial charge is 0.303 e. The fourth-order valence-corrected chi connectivity index (χ4v) is 3.44. The summed E-state index contributed by atoms with van der Waals surface area (Å²) in [5, 5.41) is 0.809. The quantitative estimate of drug-likeness (QED) is 0.558. The van der Waals surface area contributed by atoms with E-state index in [-0.39, 0.29) is 17.8 Å². The van der Waals surface area contributed by atoms with Gasteiger partial charge in [0.1, 0.15) is 5.82 Å². The molecule has 1 aromatic heterocycles. The fraction of sp³-hybridized carbons (Fsp3) is 0.211. The number of benzene rings is 2. The van der Waals surface area contributed by atoms with E-state index in [9.17, 15) is 9.18 Å². The van der Waals surface area contributed by atoms with Crippen molar-refractivity contribution in [2.75, 3.05) is 14.1 Å². The van der Waals surface area contributed by atoms with Crippen LogP contribution in [0.5, 0.6) is 0 Å². The van der Waals surface area contributed by atoms with Gasteiger partial charge in [0.05, 0.1) is 11.2 Å². The monoisotopic (exact) mass is 308 g/mol. The molecule has 1 unspecified atom stereocenters. The second kappa shape index (κ2) is 4.77. The molecule has 1 atom stereocenters. The van der Waals surface area contributed by atoms with Gasteiger partial charge >= 0.3 is 0 Å². The van der Waals surface area contributed by atoms with E-state index < -0.39 is 0 Å². The van der Waals surface area contributed by atoms with Gasteiger partial charge in [0.25, 0.3) is 5.91 Å². The summed E-state index contributed by atoms with van der Waals surface area (Å²) in [5.74, 6) is -0.320. The molecule has 3 nitrogen and oxygen atoms in total. The molecule has 116 valence electrons. The molecule has 3 aromatic rings. The molecule has 0 amide bonds. The van der Waals surface area contributed by atoms with Crippen LogP contribution < -0.4 is 0 Å². The number of nitrogens with zero attached hydrogens (tertiary/aromatic N) is 2. The predicted octanol–water partition coefficient (Wildman–Crippen LogP) is 4.07. The Bertz CT molecular complexity index is 955. The van der Waals surface area contributed by atoms with E-state index in [4.69, 9.17) is 0 Å². The number of aromatic nitrogens is 1. The molecule has 0 spiro atoms. The first kappa shape index (κ1) is 14.2. The standard InChI is InChI=1S/C19H17FN2O/c1-11(21(2)3)17-15-10-12(20)8-9-16(15)22-18(17)13-6-4-5-7-14(13)19(22)23/h4-11H,1-3H3. The Labute approximate surface area is 133 Å². The maximum Gasteiger partial charge on any atom is 0.263 e. The SMILES string of the molecule is CC(c1c2n(c3ccc(F)cc13)C(=O)c1ccccc1-2)N(C)C. The lowest BCUT2D eigenvalue weighted by Gasteiger charge is -2.21. The highest BCUT2D eigenvalue weighted by atomic mass is 19.1. The van der Waals surface area contributed by atoms with Crippen molar-refractivity contribution in [2.24, 2.45) is 0 Å². The maximum atomic E-state index is 13.8. The van der Waals surface area contributed by atoms with Gasteiger partial charge in [-0.15, -0.1) is 0 Å². The van der Waals surface area contributed by atoms with Crippen molar-refractivity contribution < 1.29 is 9.18 Å². The van der Waals surface area contributed by atoms with E-state index in [1.807, 2.05) is 38.4 Å². The predicted molar refractivity (Wildman–Crippen MR) is 89.2 cm³/mol. The Hall–Kier alpha value is -2.46. The lowest BCUT2D eigenvalue weighted by molar-refractivity contribution is 0.0973. The molecule has 4 rings (SSSR count). The van der Waals surface area contributed by atoms with Gasteiger partial charge in [0.15, 0.2) is 0 Å². The molecular formula is C19H17FN2O. The maximum absolute atomic E-state index is 13.8. The summed E-state index contributed by atoms with van der Waals surface area (Å²) in [4.78, 5) is 14.9. The van der Waals surface area contributed by atoms with Crippen LogP contribution in [0.4, 0.5) is 4.39 Å². The van der Waals surface area contributed by atoms with Crippen molar-refractivity contribution in [1.82, 2.24) is 9.47 Å². The van der Waals surface area contributed by atoms with E-state index >= 15 is 0 Å². The van der Waals surface area contributed by atoms with Crippen molar-refractivity contribution >= 4 is 16.8 Å². The highest BCUT2D eigenvalue weighted by molar-refractivity contribution is 6.16. The second-order valence-electron chi connectivity index (χ2n) is 6.25. The van der Waals surface area contributed by atoms with Crippen LogP contribution in [0.1, 0.15) is 28.9 Å². The number of halogens is 1. The zero-order valence-electron chi connectivity index (χ0n) is 13.3. The van der Waals surface area contributed by atoms with Gasteiger partial charge in [0, 0.05) is 28.1 Å². The summed E-state index contributed by atoms with van der Waals surface area (Å²) in [7, 11) is 3.98. The van der Waals surface area contributed by atoms with E-state index in [1.54, 1.807) is 10.6 Å². The molecule has 0 saturated carbocycles. The highest BCUT2D eigenvalue weighted by Crippen LogP contribution is 2.44. The van der Waals surface area contributed by atoms with Crippen LogP contribution in [0.2, 0.25) is 0 Å². The summed E-state index contributed by atoms with van der Waals surface area (Å²) >= 11 is 0. The summed E-state index contributed by atoms with van der Waals surface area (Å²) in [6.07, 6.45) is 0. The van der Waals surface area contributed by atoms with Gasteiger partial charge in [-0.25, -0.2) is 4.39 Å². The van der Waals surface area contributed by atoms with E-state index in [1.165, 1.54) is 12.1 Å². The smallest absolute Gasteiger partial charge is 0.263 e. The van der Waals surface area contributed by atoms with E-state index in [0.29, 0.717) is 5.56 Å².